The van der Waals surface area contributed by atoms with Crippen LogP contribution in [-0.2, 0) is 13.0 Å². The minimum atomic E-state index is 0.447. The lowest BCUT2D eigenvalue weighted by atomic mass is 10.1. The summed E-state index contributed by atoms with van der Waals surface area (Å²) in [6.45, 7) is 0.948. The summed E-state index contributed by atoms with van der Waals surface area (Å²) >= 11 is 0. The Labute approximate surface area is 125 Å². The first-order chi connectivity index (χ1) is 10.4. The Bertz CT molecular complexity index is 688. The Morgan fingerprint density at radius 2 is 1.81 bits per heavy atom. The number of hydrogen-bond donors (Lipinski definition) is 1. The molecular weight excluding hydrogens is 258 g/mol. The number of aryl methyl sites for hydroxylation is 1. The van der Waals surface area contributed by atoms with E-state index in [1.807, 2.05) is 19.4 Å². The lowest BCUT2D eigenvalue weighted by molar-refractivity contribution is 0.459. The molecule has 0 spiro atoms. The van der Waals surface area contributed by atoms with Gasteiger partial charge in [0.1, 0.15) is 0 Å². The molecule has 0 saturated heterocycles. The molecule has 1 unspecified atom stereocenters. The van der Waals surface area contributed by atoms with Crippen LogP contribution in [0, 0.1) is 0 Å². The van der Waals surface area contributed by atoms with Gasteiger partial charge in [0, 0.05) is 12.6 Å². The SMILES string of the molecule is CNC(CCc1ccccc1)Cn1cnc2ccccc21. The van der Waals surface area contributed by atoms with Gasteiger partial charge in [-0.05, 0) is 37.6 Å². The molecule has 0 amide bonds. The second kappa shape index (κ2) is 6.55. The van der Waals surface area contributed by atoms with E-state index in [0.29, 0.717) is 6.04 Å². The third-order valence-electron chi connectivity index (χ3n) is 3.98. The molecule has 3 heteroatoms. The van der Waals surface area contributed by atoms with Crippen LogP contribution in [-0.4, -0.2) is 22.6 Å². The molecule has 1 atom stereocenters. The molecule has 0 fully saturated rings. The predicted molar refractivity (Wildman–Crippen MR) is 87.3 cm³/mol. The average Bonchev–Trinajstić information content (AvgIpc) is 2.95. The van der Waals surface area contributed by atoms with E-state index in [-0.39, 0.29) is 0 Å². The standard InChI is InChI=1S/C18H21N3/c1-19-16(12-11-15-7-3-2-4-8-15)13-21-14-20-17-9-5-6-10-18(17)21/h2-10,14,16,19H,11-13H2,1H3. The smallest absolute Gasteiger partial charge is 0.0958 e. The lowest BCUT2D eigenvalue weighted by Gasteiger charge is -2.17. The van der Waals surface area contributed by atoms with Gasteiger partial charge >= 0.3 is 0 Å². The fourth-order valence-electron chi connectivity index (χ4n) is 2.71. The molecule has 3 aromatic rings. The van der Waals surface area contributed by atoms with Crippen molar-refractivity contribution in [2.24, 2.45) is 0 Å². The normalized spacial score (nSPS) is 12.6. The van der Waals surface area contributed by atoms with Gasteiger partial charge in [-0.1, -0.05) is 42.5 Å². The molecule has 0 aliphatic heterocycles. The topological polar surface area (TPSA) is 29.9 Å². The van der Waals surface area contributed by atoms with E-state index in [0.717, 1.165) is 24.9 Å². The first kappa shape index (κ1) is 13.8. The van der Waals surface area contributed by atoms with Crippen molar-refractivity contribution >= 4 is 11.0 Å². The van der Waals surface area contributed by atoms with Gasteiger partial charge in [-0.2, -0.15) is 0 Å². The van der Waals surface area contributed by atoms with Gasteiger partial charge in [0.25, 0.3) is 0 Å². The number of para-hydroxylation sites is 2. The highest BCUT2D eigenvalue weighted by molar-refractivity contribution is 5.74. The number of imidazole rings is 1. The van der Waals surface area contributed by atoms with Crippen LogP contribution in [0.25, 0.3) is 11.0 Å². The van der Waals surface area contributed by atoms with Crippen LogP contribution < -0.4 is 5.32 Å². The van der Waals surface area contributed by atoms with Crippen molar-refractivity contribution in [3.63, 3.8) is 0 Å². The summed E-state index contributed by atoms with van der Waals surface area (Å²) in [5, 5.41) is 3.43. The average molecular weight is 279 g/mol. The maximum atomic E-state index is 4.46. The van der Waals surface area contributed by atoms with Gasteiger partial charge in [-0.3, -0.25) is 0 Å². The van der Waals surface area contributed by atoms with Crippen molar-refractivity contribution in [2.45, 2.75) is 25.4 Å². The zero-order chi connectivity index (χ0) is 14.5. The van der Waals surface area contributed by atoms with Gasteiger partial charge in [0.15, 0.2) is 0 Å². The number of nitrogens with one attached hydrogen (secondary N) is 1. The minimum Gasteiger partial charge on any atom is -0.329 e. The highest BCUT2D eigenvalue weighted by atomic mass is 15.1. The number of likely N-dealkylation sites (N-methyl/N-ethyl adjacent to an activating group) is 1. The first-order valence-electron chi connectivity index (χ1n) is 7.48. The third kappa shape index (κ3) is 3.31. The molecule has 21 heavy (non-hydrogen) atoms. The van der Waals surface area contributed by atoms with E-state index in [4.69, 9.17) is 0 Å². The van der Waals surface area contributed by atoms with E-state index < -0.39 is 0 Å². The molecule has 108 valence electrons. The zero-order valence-corrected chi connectivity index (χ0v) is 12.4. The van der Waals surface area contributed by atoms with Crippen LogP contribution in [0.15, 0.2) is 60.9 Å². The van der Waals surface area contributed by atoms with E-state index in [9.17, 15) is 0 Å². The van der Waals surface area contributed by atoms with Gasteiger partial charge in [0.05, 0.1) is 17.4 Å². The maximum absolute atomic E-state index is 4.46. The number of benzene rings is 2. The highest BCUT2D eigenvalue weighted by Gasteiger charge is 2.09. The summed E-state index contributed by atoms with van der Waals surface area (Å²) in [5.74, 6) is 0. The predicted octanol–water partition coefficient (Wildman–Crippen LogP) is 3.26. The van der Waals surface area contributed by atoms with E-state index in [1.165, 1.54) is 11.1 Å². The molecule has 0 aliphatic carbocycles. The summed E-state index contributed by atoms with van der Waals surface area (Å²) < 4.78 is 2.24. The Balaban J connectivity index is 1.67. The Morgan fingerprint density at radius 3 is 2.62 bits per heavy atom. The van der Waals surface area contributed by atoms with Crippen LogP contribution >= 0.6 is 0 Å². The highest BCUT2D eigenvalue weighted by Crippen LogP contribution is 2.13. The summed E-state index contributed by atoms with van der Waals surface area (Å²) in [5.41, 5.74) is 3.67. The number of rotatable bonds is 6. The zero-order valence-electron chi connectivity index (χ0n) is 12.4. The molecule has 0 saturated carbocycles. The first-order valence-corrected chi connectivity index (χ1v) is 7.48. The summed E-state index contributed by atoms with van der Waals surface area (Å²) in [6.07, 6.45) is 4.16. The maximum Gasteiger partial charge on any atom is 0.0958 e. The van der Waals surface area contributed by atoms with Crippen LogP contribution in [0.3, 0.4) is 0 Å². The van der Waals surface area contributed by atoms with Gasteiger partial charge in [-0.15, -0.1) is 0 Å². The quantitative estimate of drug-likeness (QED) is 0.750. The van der Waals surface area contributed by atoms with Gasteiger partial charge < -0.3 is 9.88 Å². The van der Waals surface area contributed by atoms with Gasteiger partial charge in [-0.25, -0.2) is 4.98 Å². The largest absolute Gasteiger partial charge is 0.329 e. The molecule has 1 N–H and O–H groups in total. The lowest BCUT2D eigenvalue weighted by Crippen LogP contribution is -2.30. The van der Waals surface area contributed by atoms with Crippen LogP contribution in [0.5, 0.6) is 0 Å². The number of aromatic nitrogens is 2. The number of nitrogens with zero attached hydrogens (tertiary/aromatic N) is 2. The van der Waals surface area contributed by atoms with E-state index >= 15 is 0 Å². The summed E-state index contributed by atoms with van der Waals surface area (Å²) in [4.78, 5) is 4.46. The van der Waals surface area contributed by atoms with Crippen molar-refractivity contribution in [1.82, 2.24) is 14.9 Å². The van der Waals surface area contributed by atoms with Crippen molar-refractivity contribution in [3.05, 3.63) is 66.5 Å². The fourth-order valence-corrected chi connectivity index (χ4v) is 2.71. The summed E-state index contributed by atoms with van der Waals surface area (Å²) in [7, 11) is 2.04. The Hall–Kier alpha value is -2.13. The van der Waals surface area contributed by atoms with Crippen molar-refractivity contribution in [2.75, 3.05) is 7.05 Å². The number of fused-ring (bicyclic) bond motifs is 1. The molecule has 0 radical (unpaired) electrons. The fraction of sp³-hybridized carbons (Fsp3) is 0.278. The second-order valence-electron chi connectivity index (χ2n) is 5.40. The second-order valence-corrected chi connectivity index (χ2v) is 5.40. The molecule has 3 rings (SSSR count). The molecule has 1 heterocycles. The van der Waals surface area contributed by atoms with E-state index in [2.05, 4.69) is 63.4 Å². The number of hydrogen-bond acceptors (Lipinski definition) is 2. The Kier molecular flexibility index (Phi) is 4.31. The van der Waals surface area contributed by atoms with Gasteiger partial charge in [0.2, 0.25) is 0 Å². The van der Waals surface area contributed by atoms with E-state index in [1.54, 1.807) is 0 Å². The molecule has 3 nitrogen and oxygen atoms in total. The third-order valence-corrected chi connectivity index (χ3v) is 3.98. The molecule has 1 aromatic heterocycles. The summed E-state index contributed by atoms with van der Waals surface area (Å²) in [6, 6.07) is 19.4. The monoisotopic (exact) mass is 279 g/mol. The van der Waals surface area contributed by atoms with Crippen molar-refractivity contribution in [1.29, 1.82) is 0 Å². The molecule has 2 aromatic carbocycles. The Morgan fingerprint density at radius 1 is 1.05 bits per heavy atom. The van der Waals surface area contributed by atoms with Crippen LogP contribution in [0.2, 0.25) is 0 Å². The molecule has 0 bridgehead atoms. The van der Waals surface area contributed by atoms with Crippen LogP contribution in [0.1, 0.15) is 12.0 Å². The van der Waals surface area contributed by atoms with Crippen LogP contribution in [0.4, 0.5) is 0 Å². The molecular formula is C18H21N3. The van der Waals surface area contributed by atoms with Crippen molar-refractivity contribution < 1.29 is 0 Å². The molecule has 0 aliphatic rings. The minimum absolute atomic E-state index is 0.447. The van der Waals surface area contributed by atoms with Crippen molar-refractivity contribution in [3.8, 4) is 0 Å².